The first kappa shape index (κ1) is 23.8. The van der Waals surface area contributed by atoms with Crippen molar-refractivity contribution in [2.75, 3.05) is 0 Å². The quantitative estimate of drug-likeness (QED) is 0.289. The van der Waals surface area contributed by atoms with E-state index >= 15 is 0 Å². The molecule has 144 valence electrons. The number of hydrogen-bond acceptors (Lipinski definition) is 10. The van der Waals surface area contributed by atoms with Crippen molar-refractivity contribution in [1.82, 2.24) is 0 Å². The molecule has 0 N–H and O–H groups in total. The van der Waals surface area contributed by atoms with Gasteiger partial charge in [0.2, 0.25) is 0 Å². The molecule has 20 heteroatoms. The molecule has 1 rings (SSSR count). The van der Waals surface area contributed by atoms with Crippen molar-refractivity contribution in [1.29, 1.82) is 0 Å². The SMILES string of the molecule is CC(C)(C)[SiH]1O[SiH2]O[SiH2]O[SiH2]O[SiH2]O[SiH2]O[SiH2]O[SiH2]O[SiH2]O[SiH2]O1. The van der Waals surface area contributed by atoms with Crippen molar-refractivity contribution in [3.05, 3.63) is 0 Å². The molecule has 0 unspecified atom stereocenters. The van der Waals surface area contributed by atoms with E-state index < -0.39 is 99.3 Å². The Morgan fingerprint density at radius 1 is 0.458 bits per heavy atom. The number of rotatable bonds is 0. The van der Waals surface area contributed by atoms with E-state index in [4.69, 9.17) is 41.2 Å². The Bertz CT molecular complexity index is 275. The second-order valence-electron chi connectivity index (χ2n) is 5.72. The fourth-order valence-corrected chi connectivity index (χ4v) is 23.1. The van der Waals surface area contributed by atoms with Crippen LogP contribution in [0.3, 0.4) is 0 Å². The van der Waals surface area contributed by atoms with E-state index in [9.17, 15) is 0 Å². The summed E-state index contributed by atoms with van der Waals surface area (Å²) in [6.07, 6.45) is 0. The van der Waals surface area contributed by atoms with Crippen LogP contribution in [0.2, 0.25) is 5.04 Å². The van der Waals surface area contributed by atoms with Crippen molar-refractivity contribution >= 4 is 99.3 Å². The van der Waals surface area contributed by atoms with E-state index in [1.807, 2.05) is 0 Å². The zero-order valence-corrected chi connectivity index (χ0v) is 28.4. The smallest absolute Gasteiger partial charge is 0.308 e. The Kier molecular flexibility index (Phi) is 15.7. The summed E-state index contributed by atoms with van der Waals surface area (Å²) in [5.41, 5.74) is 0. The minimum atomic E-state index is -1.80. The molecule has 1 aliphatic heterocycles. The van der Waals surface area contributed by atoms with Crippen LogP contribution in [-0.2, 0) is 41.2 Å². The summed E-state index contributed by atoms with van der Waals surface area (Å²) in [5.74, 6) is 0. The summed E-state index contributed by atoms with van der Waals surface area (Å²) in [5, 5.41) is 0.0139. The second kappa shape index (κ2) is 15.8. The first-order valence-corrected chi connectivity index (χ1v) is 19.4. The van der Waals surface area contributed by atoms with Crippen LogP contribution >= 0.6 is 0 Å². The molecule has 24 heavy (non-hydrogen) atoms. The van der Waals surface area contributed by atoms with E-state index in [0.717, 1.165) is 0 Å². The Hall–Kier alpha value is 1.77. The summed E-state index contributed by atoms with van der Waals surface area (Å²) in [6, 6.07) is 0. The van der Waals surface area contributed by atoms with E-state index in [-0.39, 0.29) is 5.04 Å². The van der Waals surface area contributed by atoms with Crippen LogP contribution in [0.15, 0.2) is 0 Å². The summed E-state index contributed by atoms with van der Waals surface area (Å²) < 4.78 is 55.8. The monoisotopic (exact) mass is 516 g/mol. The third-order valence-electron chi connectivity index (χ3n) is 2.48. The molecular formula is C4H28O10Si10. The fraction of sp³-hybridized carbons (Fsp3) is 1.00. The van der Waals surface area contributed by atoms with Gasteiger partial charge in [-0.1, -0.05) is 20.8 Å². The molecular weight excluding hydrogens is 489 g/mol. The van der Waals surface area contributed by atoms with E-state index in [1.165, 1.54) is 0 Å². The second-order valence-corrected chi connectivity index (χ2v) is 26.0. The van der Waals surface area contributed by atoms with Gasteiger partial charge in [0.05, 0.1) is 0 Å². The van der Waals surface area contributed by atoms with Gasteiger partial charge in [-0.2, -0.15) is 0 Å². The van der Waals surface area contributed by atoms with Crippen LogP contribution in [-0.4, -0.2) is 99.3 Å². The van der Waals surface area contributed by atoms with Gasteiger partial charge in [0.1, 0.15) is 0 Å². The van der Waals surface area contributed by atoms with Crippen LogP contribution in [0.4, 0.5) is 0 Å². The minimum absolute atomic E-state index is 0.0139. The predicted molar refractivity (Wildman–Crippen MR) is 115 cm³/mol. The zero-order chi connectivity index (χ0) is 17.5. The molecule has 10 nitrogen and oxygen atoms in total. The van der Waals surface area contributed by atoms with Gasteiger partial charge < -0.3 is 41.2 Å². The minimum Gasteiger partial charge on any atom is -0.425 e. The first-order chi connectivity index (χ1) is 11.6. The summed E-state index contributed by atoms with van der Waals surface area (Å²) in [6.45, 7) is 6.40. The maximum atomic E-state index is 5.94. The molecule has 0 aromatic rings. The highest BCUT2D eigenvalue weighted by Crippen LogP contribution is 2.27. The van der Waals surface area contributed by atoms with Gasteiger partial charge >= 0.3 is 9.28 Å². The highest BCUT2D eigenvalue weighted by atomic mass is 28.4. The van der Waals surface area contributed by atoms with Gasteiger partial charge in [-0.3, -0.25) is 0 Å². The maximum Gasteiger partial charge on any atom is 0.308 e. The molecule has 0 saturated carbocycles. The first-order valence-electron chi connectivity index (χ1n) is 7.46. The molecule has 0 spiro atoms. The third-order valence-corrected chi connectivity index (χ3v) is 18.1. The van der Waals surface area contributed by atoms with E-state index in [2.05, 4.69) is 20.8 Å². The standard InChI is InChI=1S/C4H28O10Si10/c1-4(2,3)24-13-22-11-20-9-18-7-16-5-15-6-17-8-19-10-21-12-23-14-24/h24H,15-23H2,1-3H3. The van der Waals surface area contributed by atoms with Crippen molar-refractivity contribution in [2.45, 2.75) is 25.8 Å². The van der Waals surface area contributed by atoms with Crippen molar-refractivity contribution in [2.24, 2.45) is 0 Å². The van der Waals surface area contributed by atoms with Gasteiger partial charge in [-0.15, -0.1) is 0 Å². The molecule has 0 bridgehead atoms. The van der Waals surface area contributed by atoms with Gasteiger partial charge in [0.25, 0.3) is 90.1 Å². The molecule has 0 radical (unpaired) electrons. The van der Waals surface area contributed by atoms with Crippen molar-refractivity contribution in [3.8, 4) is 0 Å². The average molecular weight is 517 g/mol. The molecule has 0 atom stereocenters. The van der Waals surface area contributed by atoms with Crippen LogP contribution in [0, 0.1) is 0 Å². The lowest BCUT2D eigenvalue weighted by Crippen LogP contribution is -2.37. The normalized spacial score (nSPS) is 34.9. The molecule has 0 amide bonds. The van der Waals surface area contributed by atoms with Gasteiger partial charge in [-0.25, -0.2) is 0 Å². The topological polar surface area (TPSA) is 92.3 Å². The Morgan fingerprint density at radius 2 is 0.708 bits per heavy atom. The van der Waals surface area contributed by atoms with E-state index in [0.29, 0.717) is 0 Å². The molecule has 0 aliphatic carbocycles. The van der Waals surface area contributed by atoms with Crippen molar-refractivity contribution < 1.29 is 41.2 Å². The molecule has 0 aromatic carbocycles. The zero-order valence-electron chi connectivity index (χ0n) is 14.5. The molecule has 1 aliphatic rings. The Labute approximate surface area is 166 Å². The fourth-order valence-electron chi connectivity index (χ4n) is 1.45. The number of hydrogen-bond donors (Lipinski definition) is 0. The lowest BCUT2D eigenvalue weighted by molar-refractivity contribution is 0.323. The summed E-state index contributed by atoms with van der Waals surface area (Å²) in [4.78, 5) is 0. The van der Waals surface area contributed by atoms with Crippen molar-refractivity contribution in [3.63, 3.8) is 0 Å². The summed E-state index contributed by atoms with van der Waals surface area (Å²) >= 11 is 0. The molecule has 1 heterocycles. The van der Waals surface area contributed by atoms with Gasteiger partial charge in [0.15, 0.2) is 0 Å². The molecule has 0 aromatic heterocycles. The van der Waals surface area contributed by atoms with Gasteiger partial charge in [-0.05, 0) is 0 Å². The molecule has 1 saturated heterocycles. The van der Waals surface area contributed by atoms with Gasteiger partial charge in [0, 0.05) is 5.04 Å². The van der Waals surface area contributed by atoms with Crippen LogP contribution in [0.5, 0.6) is 0 Å². The van der Waals surface area contributed by atoms with Crippen LogP contribution in [0.25, 0.3) is 0 Å². The largest absolute Gasteiger partial charge is 0.425 e. The highest BCUT2D eigenvalue weighted by molar-refractivity contribution is 6.61. The maximum absolute atomic E-state index is 5.94. The third kappa shape index (κ3) is 13.9. The van der Waals surface area contributed by atoms with Crippen LogP contribution < -0.4 is 0 Å². The Balaban J connectivity index is 2.28. The lowest BCUT2D eigenvalue weighted by atomic mass is 10.3. The predicted octanol–water partition coefficient (Wildman–Crippen LogP) is -7.82. The average Bonchev–Trinajstić information content (AvgIpc) is 2.52. The Morgan fingerprint density at radius 3 is 0.958 bits per heavy atom. The summed E-state index contributed by atoms with van der Waals surface area (Å²) in [7, 11) is -10.7. The van der Waals surface area contributed by atoms with Crippen LogP contribution in [0.1, 0.15) is 20.8 Å². The van der Waals surface area contributed by atoms with E-state index in [1.54, 1.807) is 0 Å². The highest BCUT2D eigenvalue weighted by Gasteiger charge is 2.29. The lowest BCUT2D eigenvalue weighted by Gasteiger charge is -2.28. The molecule has 1 fully saturated rings.